The van der Waals surface area contributed by atoms with Crippen LogP contribution in [0.15, 0.2) is 28.7 Å². The van der Waals surface area contributed by atoms with Crippen molar-refractivity contribution in [3.63, 3.8) is 0 Å². The predicted molar refractivity (Wildman–Crippen MR) is 79.0 cm³/mol. The van der Waals surface area contributed by atoms with E-state index in [1.54, 1.807) is 11.3 Å². The Morgan fingerprint density at radius 2 is 2.00 bits per heavy atom. The average Bonchev–Trinajstić information content (AvgIpc) is 2.62. The fourth-order valence-electron chi connectivity index (χ4n) is 1.73. The Morgan fingerprint density at radius 3 is 2.59 bits per heavy atom. The molecule has 0 saturated carbocycles. The minimum Gasteiger partial charge on any atom is -0.320 e. The maximum atomic E-state index is 6.30. The molecule has 1 nitrogen and oxygen atoms in total. The molecule has 0 saturated heterocycles. The summed E-state index contributed by atoms with van der Waals surface area (Å²) in [7, 11) is 0. The van der Waals surface area contributed by atoms with E-state index in [9.17, 15) is 0 Å². The summed E-state index contributed by atoms with van der Waals surface area (Å²) < 4.78 is 1.12. The highest BCUT2D eigenvalue weighted by molar-refractivity contribution is 9.10. The van der Waals surface area contributed by atoms with Gasteiger partial charge in [-0.2, -0.15) is 0 Å². The second kappa shape index (κ2) is 5.11. The van der Waals surface area contributed by atoms with Crippen molar-refractivity contribution < 1.29 is 0 Å². The second-order valence-electron chi connectivity index (χ2n) is 4.03. The first-order valence-electron chi connectivity index (χ1n) is 5.26. The van der Waals surface area contributed by atoms with Gasteiger partial charge in [0.2, 0.25) is 0 Å². The van der Waals surface area contributed by atoms with E-state index in [0.717, 1.165) is 19.9 Å². The molecule has 2 N–H and O–H groups in total. The molecule has 1 atom stereocenters. The summed E-state index contributed by atoms with van der Waals surface area (Å²) in [6, 6.07) is 7.83. The summed E-state index contributed by atoms with van der Waals surface area (Å²) in [4.78, 5) is 2.40. The maximum absolute atomic E-state index is 6.30. The first-order valence-corrected chi connectivity index (χ1v) is 7.25. The Hall–Kier alpha value is -0.350. The predicted octanol–water partition coefficient (Wildman–Crippen LogP) is 4.83. The largest absolute Gasteiger partial charge is 0.320 e. The van der Waals surface area contributed by atoms with Gasteiger partial charge in [-0.1, -0.05) is 17.7 Å². The van der Waals surface area contributed by atoms with Crippen LogP contribution in [0.5, 0.6) is 0 Å². The molecular formula is C13H13BrClNS. The number of thiophene rings is 1. The van der Waals surface area contributed by atoms with Crippen LogP contribution in [-0.2, 0) is 0 Å². The zero-order chi connectivity index (χ0) is 12.6. The molecule has 2 rings (SSSR count). The van der Waals surface area contributed by atoms with E-state index in [-0.39, 0.29) is 6.04 Å². The van der Waals surface area contributed by atoms with Crippen molar-refractivity contribution in [2.45, 2.75) is 19.9 Å². The third-order valence-corrected chi connectivity index (χ3v) is 5.21. The average molecular weight is 331 g/mol. The summed E-state index contributed by atoms with van der Waals surface area (Å²) in [5.74, 6) is 0. The van der Waals surface area contributed by atoms with Gasteiger partial charge in [-0.3, -0.25) is 0 Å². The van der Waals surface area contributed by atoms with Gasteiger partial charge in [0.25, 0.3) is 0 Å². The molecule has 90 valence electrons. The Morgan fingerprint density at radius 1 is 1.29 bits per heavy atom. The van der Waals surface area contributed by atoms with Gasteiger partial charge in [0.1, 0.15) is 0 Å². The molecule has 0 radical (unpaired) electrons. The Kier molecular flexibility index (Phi) is 3.93. The number of benzene rings is 1. The van der Waals surface area contributed by atoms with Gasteiger partial charge in [-0.05, 0) is 59.1 Å². The highest BCUT2D eigenvalue weighted by atomic mass is 79.9. The third kappa shape index (κ3) is 2.74. The van der Waals surface area contributed by atoms with Crippen molar-refractivity contribution in [2.24, 2.45) is 5.73 Å². The van der Waals surface area contributed by atoms with E-state index in [2.05, 4.69) is 35.8 Å². The van der Waals surface area contributed by atoms with Crippen LogP contribution in [0, 0.1) is 13.8 Å². The number of aryl methyl sites for hydroxylation is 2. The van der Waals surface area contributed by atoms with Gasteiger partial charge >= 0.3 is 0 Å². The summed E-state index contributed by atoms with van der Waals surface area (Å²) in [6.45, 7) is 4.14. The lowest BCUT2D eigenvalue weighted by Gasteiger charge is -2.13. The van der Waals surface area contributed by atoms with Crippen LogP contribution in [0.3, 0.4) is 0 Å². The molecular weight excluding hydrogens is 318 g/mol. The maximum Gasteiger partial charge on any atom is 0.0649 e. The topological polar surface area (TPSA) is 26.0 Å². The molecule has 0 amide bonds. The summed E-state index contributed by atoms with van der Waals surface area (Å²) in [5, 5.41) is 0.730. The molecule has 0 aliphatic rings. The minimum atomic E-state index is -0.108. The number of hydrogen-bond donors (Lipinski definition) is 1. The lowest BCUT2D eigenvalue weighted by molar-refractivity contribution is 0.882. The highest BCUT2D eigenvalue weighted by Crippen LogP contribution is 2.34. The summed E-state index contributed by atoms with van der Waals surface area (Å²) in [5.41, 5.74) is 8.56. The molecule has 2 aromatic rings. The van der Waals surface area contributed by atoms with Crippen LogP contribution in [0.25, 0.3) is 0 Å². The molecule has 4 heteroatoms. The molecule has 1 heterocycles. The summed E-state index contributed by atoms with van der Waals surface area (Å²) >= 11 is 11.3. The molecule has 1 aromatic carbocycles. The van der Waals surface area contributed by atoms with Crippen LogP contribution in [-0.4, -0.2) is 0 Å². The van der Waals surface area contributed by atoms with E-state index in [4.69, 9.17) is 17.3 Å². The standard InChI is InChI=1S/C13H13BrClNS/c1-7-3-4-9(15)5-10(7)13(16)12-6-11(14)8(2)17-12/h3-6,13H,16H2,1-2H3. The van der Waals surface area contributed by atoms with Crippen LogP contribution in [0.1, 0.15) is 26.9 Å². The van der Waals surface area contributed by atoms with Gasteiger partial charge < -0.3 is 5.73 Å². The van der Waals surface area contributed by atoms with Crippen molar-refractivity contribution in [1.29, 1.82) is 0 Å². The van der Waals surface area contributed by atoms with E-state index in [1.165, 1.54) is 10.4 Å². The van der Waals surface area contributed by atoms with Gasteiger partial charge in [-0.15, -0.1) is 11.3 Å². The Bertz CT molecular complexity index is 531. The number of nitrogens with two attached hydrogens (primary N) is 1. The first-order chi connectivity index (χ1) is 7.99. The minimum absolute atomic E-state index is 0.108. The molecule has 0 spiro atoms. The lowest BCUT2D eigenvalue weighted by atomic mass is 10.0. The molecule has 0 aliphatic heterocycles. The molecule has 17 heavy (non-hydrogen) atoms. The van der Waals surface area contributed by atoms with Crippen LogP contribution in [0.2, 0.25) is 5.02 Å². The molecule has 1 unspecified atom stereocenters. The van der Waals surface area contributed by atoms with E-state index in [1.807, 2.05) is 18.2 Å². The van der Waals surface area contributed by atoms with Crippen LogP contribution in [0.4, 0.5) is 0 Å². The van der Waals surface area contributed by atoms with Crippen molar-refractivity contribution in [3.8, 4) is 0 Å². The fraction of sp³-hybridized carbons (Fsp3) is 0.231. The molecule has 0 bridgehead atoms. The Labute approximate surface area is 119 Å². The zero-order valence-corrected chi connectivity index (χ0v) is 12.8. The van der Waals surface area contributed by atoms with Crippen molar-refractivity contribution >= 4 is 38.9 Å². The van der Waals surface area contributed by atoms with Gasteiger partial charge in [0, 0.05) is 19.2 Å². The van der Waals surface area contributed by atoms with Gasteiger partial charge in [-0.25, -0.2) is 0 Å². The van der Waals surface area contributed by atoms with E-state index < -0.39 is 0 Å². The smallest absolute Gasteiger partial charge is 0.0649 e. The fourth-order valence-corrected chi connectivity index (χ4v) is 3.50. The van der Waals surface area contributed by atoms with Crippen molar-refractivity contribution in [1.82, 2.24) is 0 Å². The second-order valence-corrected chi connectivity index (χ2v) is 6.61. The highest BCUT2D eigenvalue weighted by Gasteiger charge is 2.15. The van der Waals surface area contributed by atoms with E-state index >= 15 is 0 Å². The molecule has 0 aliphatic carbocycles. The SMILES string of the molecule is Cc1ccc(Cl)cc1C(N)c1cc(Br)c(C)s1. The molecule has 1 aromatic heterocycles. The van der Waals surface area contributed by atoms with Crippen LogP contribution >= 0.6 is 38.9 Å². The quantitative estimate of drug-likeness (QED) is 0.838. The zero-order valence-electron chi connectivity index (χ0n) is 9.63. The third-order valence-electron chi connectivity index (χ3n) is 2.76. The summed E-state index contributed by atoms with van der Waals surface area (Å²) in [6.07, 6.45) is 0. The number of halogens is 2. The van der Waals surface area contributed by atoms with E-state index in [0.29, 0.717) is 0 Å². The number of hydrogen-bond acceptors (Lipinski definition) is 2. The first kappa shape index (κ1) is 13.1. The lowest BCUT2D eigenvalue weighted by Crippen LogP contribution is -2.11. The van der Waals surface area contributed by atoms with Crippen molar-refractivity contribution in [3.05, 3.63) is 54.6 Å². The van der Waals surface area contributed by atoms with Crippen molar-refractivity contribution in [2.75, 3.05) is 0 Å². The van der Waals surface area contributed by atoms with Crippen LogP contribution < -0.4 is 5.73 Å². The number of rotatable bonds is 2. The monoisotopic (exact) mass is 329 g/mol. The van der Waals surface area contributed by atoms with Gasteiger partial charge in [0.05, 0.1) is 6.04 Å². The Balaban J connectivity index is 2.42. The van der Waals surface area contributed by atoms with Gasteiger partial charge in [0.15, 0.2) is 0 Å². The normalized spacial score (nSPS) is 12.8. The molecule has 0 fully saturated rings.